The van der Waals surface area contributed by atoms with Crippen molar-refractivity contribution in [3.8, 4) is 0 Å². The van der Waals surface area contributed by atoms with E-state index < -0.39 is 0 Å². The van der Waals surface area contributed by atoms with Crippen molar-refractivity contribution >= 4 is 39.0 Å². The summed E-state index contributed by atoms with van der Waals surface area (Å²) < 4.78 is 0. The first-order chi connectivity index (χ1) is 11.7. The summed E-state index contributed by atoms with van der Waals surface area (Å²) in [5.41, 5.74) is 2.54. The van der Waals surface area contributed by atoms with Gasteiger partial charge in [0.05, 0.1) is 17.4 Å². The number of aromatic nitrogens is 3. The zero-order chi connectivity index (χ0) is 16.5. The minimum Gasteiger partial charge on any atom is -0.368 e. The molecule has 2 aromatic heterocycles. The number of rotatable bonds is 3. The number of nitrogens with one attached hydrogen (secondary N) is 3. The highest BCUT2D eigenvalue weighted by molar-refractivity contribution is 7.80. The summed E-state index contributed by atoms with van der Waals surface area (Å²) in [7, 11) is 0. The fraction of sp³-hybridized carbons (Fsp3) is 0.0556. The third-order valence-corrected chi connectivity index (χ3v) is 4.19. The van der Waals surface area contributed by atoms with Gasteiger partial charge in [-0.2, -0.15) is 0 Å². The lowest BCUT2D eigenvalue weighted by Gasteiger charge is -2.07. The monoisotopic (exact) mass is 334 g/mol. The number of hydrogen-bond donors (Lipinski definition) is 3. The molecular formula is C18H14N4OS. The molecular weight excluding hydrogens is 320 g/mol. The fourth-order valence-electron chi connectivity index (χ4n) is 2.68. The van der Waals surface area contributed by atoms with Crippen LogP contribution in [0.5, 0.6) is 0 Å². The normalized spacial score (nSPS) is 11.0. The second-order valence-corrected chi connectivity index (χ2v) is 5.90. The molecule has 2 aromatic carbocycles. The largest absolute Gasteiger partial charge is 0.368 e. The highest BCUT2D eigenvalue weighted by Crippen LogP contribution is 2.14. The van der Waals surface area contributed by atoms with Crippen molar-refractivity contribution in [3.63, 3.8) is 0 Å². The summed E-state index contributed by atoms with van der Waals surface area (Å²) in [6.45, 7) is 0.532. The number of para-hydroxylation sites is 2. The molecule has 24 heavy (non-hydrogen) atoms. The molecule has 0 radical (unpaired) electrons. The van der Waals surface area contributed by atoms with E-state index in [1.165, 1.54) is 0 Å². The lowest BCUT2D eigenvalue weighted by atomic mass is 10.2. The van der Waals surface area contributed by atoms with Crippen molar-refractivity contribution < 1.29 is 0 Å². The first-order valence-electron chi connectivity index (χ1n) is 7.54. The van der Waals surface area contributed by atoms with E-state index >= 15 is 0 Å². The smallest absolute Gasteiger partial charge is 0.259 e. The minimum absolute atomic E-state index is 0.189. The quantitative estimate of drug-likeness (QED) is 0.504. The van der Waals surface area contributed by atoms with Gasteiger partial charge in [0.25, 0.3) is 5.56 Å². The van der Waals surface area contributed by atoms with Gasteiger partial charge in [0.15, 0.2) is 5.82 Å². The van der Waals surface area contributed by atoms with Gasteiger partial charge in [0.2, 0.25) is 0 Å². The predicted octanol–water partition coefficient (Wildman–Crippen LogP) is 2.87. The van der Waals surface area contributed by atoms with Crippen LogP contribution in [-0.2, 0) is 6.54 Å². The number of thiocarbonyl (C=S) groups is 1. The van der Waals surface area contributed by atoms with Gasteiger partial charge in [0, 0.05) is 11.2 Å². The third-order valence-electron chi connectivity index (χ3n) is 3.85. The molecule has 5 nitrogen and oxygen atoms in total. The molecule has 0 aliphatic rings. The van der Waals surface area contributed by atoms with E-state index in [1.807, 2.05) is 30.3 Å². The molecule has 0 unspecified atom stereocenters. The van der Waals surface area contributed by atoms with E-state index in [2.05, 4.69) is 32.4 Å². The molecule has 0 bridgehead atoms. The topological polar surface area (TPSA) is 73.6 Å². The van der Waals surface area contributed by atoms with Gasteiger partial charge in [-0.25, -0.2) is 4.98 Å². The van der Waals surface area contributed by atoms with E-state index in [0.29, 0.717) is 28.3 Å². The Labute approximate surface area is 142 Å². The molecule has 4 rings (SSSR count). The van der Waals surface area contributed by atoms with Crippen molar-refractivity contribution in [1.82, 2.24) is 20.3 Å². The second-order valence-electron chi connectivity index (χ2n) is 5.50. The first-order valence-corrected chi connectivity index (χ1v) is 7.95. The predicted molar refractivity (Wildman–Crippen MR) is 99.2 cm³/mol. The maximum atomic E-state index is 12.1. The Bertz CT molecular complexity index is 1080. The van der Waals surface area contributed by atoms with Crippen molar-refractivity contribution in [3.05, 3.63) is 76.5 Å². The molecule has 3 N–H and O–H groups in total. The van der Waals surface area contributed by atoms with Crippen LogP contribution < -0.4 is 10.9 Å². The summed E-state index contributed by atoms with van der Waals surface area (Å²) in [6.07, 6.45) is 0. The Morgan fingerprint density at radius 1 is 1.08 bits per heavy atom. The highest BCUT2D eigenvalue weighted by atomic mass is 32.1. The number of hydrogen-bond acceptors (Lipinski definition) is 3. The van der Waals surface area contributed by atoms with Gasteiger partial charge < -0.3 is 15.3 Å². The lowest BCUT2D eigenvalue weighted by molar-refractivity contribution is 0.890. The Morgan fingerprint density at radius 3 is 2.75 bits per heavy atom. The molecule has 0 atom stereocenters. The van der Waals surface area contributed by atoms with Crippen LogP contribution in [-0.4, -0.2) is 19.9 Å². The number of H-pyrrole nitrogens is 2. The summed E-state index contributed by atoms with van der Waals surface area (Å²) in [4.78, 5) is 23.0. The van der Waals surface area contributed by atoms with Gasteiger partial charge in [-0.15, -0.1) is 0 Å². The van der Waals surface area contributed by atoms with Crippen LogP contribution in [0.4, 0.5) is 0 Å². The van der Waals surface area contributed by atoms with Crippen LogP contribution in [0, 0.1) is 0 Å². The molecule has 0 saturated carbocycles. The molecule has 2 heterocycles. The number of nitrogens with zero attached hydrogens (tertiary/aromatic N) is 1. The summed E-state index contributed by atoms with van der Waals surface area (Å²) in [5, 5.41) is 4.84. The number of benzene rings is 2. The van der Waals surface area contributed by atoms with Gasteiger partial charge in [0.1, 0.15) is 4.99 Å². The van der Waals surface area contributed by atoms with Crippen LogP contribution in [0.1, 0.15) is 11.5 Å². The second kappa shape index (κ2) is 5.90. The van der Waals surface area contributed by atoms with Crippen molar-refractivity contribution in [2.75, 3.05) is 0 Å². The van der Waals surface area contributed by atoms with Crippen LogP contribution >= 0.6 is 12.2 Å². The lowest BCUT2D eigenvalue weighted by Crippen LogP contribution is -2.26. The number of aromatic amines is 2. The van der Waals surface area contributed by atoms with Gasteiger partial charge >= 0.3 is 0 Å². The Morgan fingerprint density at radius 2 is 1.88 bits per heavy atom. The molecule has 0 amide bonds. The third kappa shape index (κ3) is 2.68. The zero-order valence-corrected chi connectivity index (χ0v) is 13.5. The average Bonchev–Trinajstić information content (AvgIpc) is 3.02. The SMILES string of the molecule is O=c1[nH]c(C(=S)NCc2cc3ccccc3[nH]2)nc2ccccc12. The standard InChI is InChI=1S/C18H14N4OS/c23-17-13-6-2-4-8-15(13)21-16(22-17)18(24)19-10-12-9-11-5-1-3-7-14(11)20-12/h1-9,20H,10H2,(H,19,24)(H,21,22,23). The molecule has 0 aliphatic heterocycles. The van der Waals surface area contributed by atoms with E-state index in [0.717, 1.165) is 16.6 Å². The summed E-state index contributed by atoms with van der Waals surface area (Å²) >= 11 is 5.37. The van der Waals surface area contributed by atoms with Crippen molar-refractivity contribution in [2.45, 2.75) is 6.54 Å². The van der Waals surface area contributed by atoms with Crippen molar-refractivity contribution in [2.24, 2.45) is 0 Å². The average molecular weight is 334 g/mol. The minimum atomic E-state index is -0.189. The Kier molecular flexibility index (Phi) is 3.59. The van der Waals surface area contributed by atoms with Gasteiger partial charge in [-0.05, 0) is 29.7 Å². The molecule has 0 aliphatic carbocycles. The van der Waals surface area contributed by atoms with E-state index in [-0.39, 0.29) is 5.56 Å². The maximum absolute atomic E-state index is 12.1. The van der Waals surface area contributed by atoms with Gasteiger partial charge in [-0.3, -0.25) is 4.79 Å². The van der Waals surface area contributed by atoms with Crippen LogP contribution in [0.25, 0.3) is 21.8 Å². The molecule has 0 fully saturated rings. The fourth-order valence-corrected chi connectivity index (χ4v) is 2.85. The number of fused-ring (bicyclic) bond motifs is 2. The first kappa shape index (κ1) is 14.6. The van der Waals surface area contributed by atoms with E-state index in [4.69, 9.17) is 12.2 Å². The highest BCUT2D eigenvalue weighted by Gasteiger charge is 2.08. The maximum Gasteiger partial charge on any atom is 0.259 e. The molecule has 0 saturated heterocycles. The van der Waals surface area contributed by atoms with Crippen LogP contribution in [0.2, 0.25) is 0 Å². The van der Waals surface area contributed by atoms with Crippen LogP contribution in [0.3, 0.4) is 0 Å². The summed E-state index contributed by atoms with van der Waals surface area (Å²) in [5.74, 6) is 0.379. The summed E-state index contributed by atoms with van der Waals surface area (Å²) in [6, 6.07) is 17.3. The van der Waals surface area contributed by atoms with E-state index in [9.17, 15) is 4.79 Å². The molecule has 6 heteroatoms. The van der Waals surface area contributed by atoms with Crippen molar-refractivity contribution in [1.29, 1.82) is 0 Å². The zero-order valence-electron chi connectivity index (χ0n) is 12.7. The molecule has 118 valence electrons. The molecule has 4 aromatic rings. The Hall–Kier alpha value is -2.99. The Balaban J connectivity index is 1.56. The van der Waals surface area contributed by atoms with Gasteiger partial charge in [-0.1, -0.05) is 42.5 Å². The molecule has 0 spiro atoms. The van der Waals surface area contributed by atoms with Crippen LogP contribution in [0.15, 0.2) is 59.4 Å². The van der Waals surface area contributed by atoms with E-state index in [1.54, 1.807) is 12.1 Å².